The summed E-state index contributed by atoms with van der Waals surface area (Å²) < 4.78 is 43.1. The number of rotatable bonds is 5. The van der Waals surface area contributed by atoms with Crippen LogP contribution in [0.15, 0.2) is 36.7 Å². The number of alkyl halides is 3. The van der Waals surface area contributed by atoms with Crippen molar-refractivity contribution in [2.75, 3.05) is 5.32 Å². The van der Waals surface area contributed by atoms with Crippen LogP contribution in [0.25, 0.3) is 10.6 Å². The number of nitrogens with zero attached hydrogens (tertiary/aromatic N) is 3. The maximum atomic E-state index is 12.4. The molecule has 3 aromatic heterocycles. The summed E-state index contributed by atoms with van der Waals surface area (Å²) in [6.45, 7) is 9.55. The molecule has 0 spiro atoms. The monoisotopic (exact) mass is 620 g/mol. The normalized spacial score (nSPS) is 21.3. The van der Waals surface area contributed by atoms with Crippen LogP contribution in [0, 0.1) is 24.2 Å². The van der Waals surface area contributed by atoms with Crippen LogP contribution in [-0.2, 0) is 24.7 Å². The van der Waals surface area contributed by atoms with E-state index in [4.69, 9.17) is 24.4 Å². The summed E-state index contributed by atoms with van der Waals surface area (Å²) in [6, 6.07) is 7.24. The highest BCUT2D eigenvalue weighted by molar-refractivity contribution is 7.15. The molecule has 2 N–H and O–H groups in total. The molecular formula is C29H31F3N4O6S. The van der Waals surface area contributed by atoms with Crippen LogP contribution in [0.4, 0.5) is 24.8 Å². The summed E-state index contributed by atoms with van der Waals surface area (Å²) in [5, 5.41) is 11.2. The molecule has 2 bridgehead atoms. The molecule has 1 aliphatic carbocycles. The number of carboxylic acids is 1. The van der Waals surface area contributed by atoms with E-state index < -0.39 is 23.2 Å². The lowest BCUT2D eigenvalue weighted by Gasteiger charge is -2.47. The SMILES string of the molecule is Cc1cc(Nc2cc(OC(=O)C(C)(C)C)ccn2)nc(-c2cnc([C@@]34CCC(C(=O)O3)C(C)C4)s2)c1.O=C(O)C(F)(F)F. The molecule has 14 heteroatoms. The molecule has 3 aliphatic rings. The van der Waals surface area contributed by atoms with E-state index in [-0.39, 0.29) is 17.9 Å². The first kappa shape index (κ1) is 31.9. The van der Waals surface area contributed by atoms with Crippen molar-refractivity contribution in [3.8, 4) is 16.3 Å². The number of carbonyl (C=O) groups is 3. The summed E-state index contributed by atoms with van der Waals surface area (Å²) in [7, 11) is 0. The van der Waals surface area contributed by atoms with Crippen LogP contribution < -0.4 is 10.1 Å². The van der Waals surface area contributed by atoms with Crippen molar-refractivity contribution in [3.63, 3.8) is 0 Å². The Morgan fingerprint density at radius 3 is 2.47 bits per heavy atom. The molecule has 1 saturated carbocycles. The van der Waals surface area contributed by atoms with E-state index in [2.05, 4.69) is 22.2 Å². The van der Waals surface area contributed by atoms with Gasteiger partial charge in [0, 0.05) is 18.5 Å². The van der Waals surface area contributed by atoms with Gasteiger partial charge in [-0.3, -0.25) is 9.59 Å². The second-order valence-electron chi connectivity index (χ2n) is 11.6. The van der Waals surface area contributed by atoms with Gasteiger partial charge in [-0.25, -0.2) is 19.7 Å². The van der Waals surface area contributed by atoms with E-state index >= 15 is 0 Å². The standard InChI is InChI=1S/C27H30N4O4S.C2HF3O2/c1-15-10-19(20-14-29-24(36-20)27-8-6-18(16(2)13-27)23(32)35-27)30-22(11-15)31-21-12-17(7-9-28-21)34-25(33)26(3,4)5;3-2(4,5)1(6)7/h7,9-12,14,16,18H,6,8,13H2,1-5H3,(H,28,30,31);(H,6,7)/t16?,18?,27-;/m0./s1. The fraction of sp³-hybridized carbons (Fsp3) is 0.448. The van der Waals surface area contributed by atoms with Gasteiger partial charge in [-0.2, -0.15) is 13.2 Å². The number of halogens is 3. The van der Waals surface area contributed by atoms with Gasteiger partial charge in [0.05, 0.1) is 21.9 Å². The third kappa shape index (κ3) is 7.48. The highest BCUT2D eigenvalue weighted by Crippen LogP contribution is 2.52. The summed E-state index contributed by atoms with van der Waals surface area (Å²) in [6.07, 6.45) is 0.788. The number of pyridine rings is 2. The van der Waals surface area contributed by atoms with Gasteiger partial charge in [-0.1, -0.05) is 6.92 Å². The van der Waals surface area contributed by atoms with Crippen molar-refractivity contribution in [3.05, 3.63) is 47.2 Å². The molecule has 10 nitrogen and oxygen atoms in total. The van der Waals surface area contributed by atoms with Crippen molar-refractivity contribution < 1.29 is 42.1 Å². The van der Waals surface area contributed by atoms with E-state index in [1.165, 1.54) is 11.3 Å². The molecule has 2 aliphatic heterocycles. The van der Waals surface area contributed by atoms with Crippen LogP contribution in [-0.4, -0.2) is 44.1 Å². The maximum Gasteiger partial charge on any atom is 0.490 e. The molecule has 2 saturated heterocycles. The van der Waals surface area contributed by atoms with Crippen molar-refractivity contribution in [2.45, 2.75) is 65.7 Å². The fourth-order valence-electron chi connectivity index (χ4n) is 4.78. The molecular weight excluding hydrogens is 589 g/mol. The Bertz CT molecular complexity index is 1540. The molecule has 3 atom stereocenters. The Balaban J connectivity index is 0.000000541. The number of hydrogen-bond donors (Lipinski definition) is 2. The number of aryl methyl sites for hydroxylation is 1. The van der Waals surface area contributed by atoms with Crippen LogP contribution in [0.2, 0.25) is 0 Å². The van der Waals surface area contributed by atoms with Crippen molar-refractivity contribution >= 4 is 40.9 Å². The molecule has 3 fully saturated rings. The number of anilines is 2. The van der Waals surface area contributed by atoms with Crippen molar-refractivity contribution in [2.24, 2.45) is 17.3 Å². The topological polar surface area (TPSA) is 141 Å². The van der Waals surface area contributed by atoms with Gasteiger partial charge in [0.25, 0.3) is 0 Å². The van der Waals surface area contributed by atoms with E-state index in [1.807, 2.05) is 46.0 Å². The number of carboxylic acid groups (broad SMARTS) is 1. The lowest BCUT2D eigenvalue weighted by molar-refractivity contribution is -0.198. The number of ether oxygens (including phenoxy) is 2. The number of aromatic nitrogens is 3. The number of carbonyl (C=O) groups excluding carboxylic acids is 2. The second kappa shape index (κ2) is 11.9. The number of fused-ring (bicyclic) bond motifs is 3. The highest BCUT2D eigenvalue weighted by atomic mass is 32.1. The summed E-state index contributed by atoms with van der Waals surface area (Å²) in [5.41, 5.74) is 0.569. The molecule has 0 aromatic carbocycles. The first-order valence-electron chi connectivity index (χ1n) is 13.4. The van der Waals surface area contributed by atoms with E-state index in [1.54, 1.807) is 18.3 Å². The first-order chi connectivity index (χ1) is 20.0. The maximum absolute atomic E-state index is 12.4. The lowest BCUT2D eigenvalue weighted by Crippen LogP contribution is -2.49. The van der Waals surface area contributed by atoms with Crippen molar-refractivity contribution in [1.82, 2.24) is 15.0 Å². The molecule has 0 amide bonds. The van der Waals surface area contributed by atoms with E-state index in [0.29, 0.717) is 23.3 Å². The number of nitrogens with one attached hydrogen (secondary N) is 1. The number of hydrogen-bond acceptors (Lipinski definition) is 10. The van der Waals surface area contributed by atoms with Gasteiger partial charge < -0.3 is 19.9 Å². The smallest absolute Gasteiger partial charge is 0.475 e. The Morgan fingerprint density at radius 2 is 1.86 bits per heavy atom. The average molecular weight is 621 g/mol. The van der Waals surface area contributed by atoms with Crippen LogP contribution in [0.5, 0.6) is 5.75 Å². The van der Waals surface area contributed by atoms with Gasteiger partial charge in [-0.15, -0.1) is 11.3 Å². The molecule has 5 heterocycles. The summed E-state index contributed by atoms with van der Waals surface area (Å²) in [4.78, 5) is 48.3. The summed E-state index contributed by atoms with van der Waals surface area (Å²) >= 11 is 1.53. The molecule has 230 valence electrons. The minimum absolute atomic E-state index is 0.0162. The van der Waals surface area contributed by atoms with Gasteiger partial charge in [0.2, 0.25) is 0 Å². The zero-order valence-corrected chi connectivity index (χ0v) is 24.9. The van der Waals surface area contributed by atoms with Crippen LogP contribution in [0.1, 0.15) is 57.5 Å². The predicted octanol–water partition coefficient (Wildman–Crippen LogP) is 6.43. The molecule has 2 unspecified atom stereocenters. The fourth-order valence-corrected chi connectivity index (χ4v) is 5.82. The zero-order chi connectivity index (χ0) is 31.7. The van der Waals surface area contributed by atoms with Gasteiger partial charge in [0.1, 0.15) is 22.4 Å². The van der Waals surface area contributed by atoms with Gasteiger partial charge in [0.15, 0.2) is 5.60 Å². The van der Waals surface area contributed by atoms with E-state index in [9.17, 15) is 22.8 Å². The average Bonchev–Trinajstić information content (AvgIpc) is 3.39. The second-order valence-corrected chi connectivity index (χ2v) is 12.7. The third-order valence-corrected chi connectivity index (χ3v) is 8.17. The lowest BCUT2D eigenvalue weighted by atomic mass is 9.70. The number of aliphatic carboxylic acids is 1. The largest absolute Gasteiger partial charge is 0.490 e. The summed E-state index contributed by atoms with van der Waals surface area (Å²) in [5.74, 6) is -1.31. The Hall–Kier alpha value is -4.07. The Kier molecular flexibility index (Phi) is 8.82. The molecule has 0 radical (unpaired) electrons. The van der Waals surface area contributed by atoms with Crippen molar-refractivity contribution in [1.29, 1.82) is 0 Å². The predicted molar refractivity (Wildman–Crippen MR) is 151 cm³/mol. The minimum atomic E-state index is -5.08. The Morgan fingerprint density at radius 1 is 1.16 bits per heavy atom. The minimum Gasteiger partial charge on any atom is -0.475 e. The third-order valence-electron chi connectivity index (χ3n) is 6.97. The highest BCUT2D eigenvalue weighted by Gasteiger charge is 2.53. The molecule has 43 heavy (non-hydrogen) atoms. The number of esters is 2. The van der Waals surface area contributed by atoms with E-state index in [0.717, 1.165) is 40.4 Å². The molecule has 3 aromatic rings. The van der Waals surface area contributed by atoms with Gasteiger partial charge >= 0.3 is 24.1 Å². The van der Waals surface area contributed by atoms with Crippen LogP contribution >= 0.6 is 11.3 Å². The first-order valence-corrected chi connectivity index (χ1v) is 14.2. The zero-order valence-electron chi connectivity index (χ0n) is 24.1. The quantitative estimate of drug-likeness (QED) is 0.307. The van der Waals surface area contributed by atoms with Crippen LogP contribution in [0.3, 0.4) is 0 Å². The molecule has 6 rings (SSSR count). The van der Waals surface area contributed by atoms with Gasteiger partial charge in [-0.05, 0) is 76.6 Å². The number of thiazole rings is 1. The Labute approximate surface area is 249 Å².